The van der Waals surface area contributed by atoms with Gasteiger partial charge in [-0.25, -0.2) is 13.1 Å². The molecule has 0 amide bonds. The van der Waals surface area contributed by atoms with Gasteiger partial charge in [0.1, 0.15) is 10.6 Å². The van der Waals surface area contributed by atoms with Gasteiger partial charge in [-0.2, -0.15) is 0 Å². The molecule has 0 saturated heterocycles. The highest BCUT2D eigenvalue weighted by atomic mass is 35.5. The van der Waals surface area contributed by atoms with E-state index < -0.39 is 10.0 Å². The second kappa shape index (κ2) is 4.84. The van der Waals surface area contributed by atoms with Crippen molar-refractivity contribution < 1.29 is 13.2 Å². The summed E-state index contributed by atoms with van der Waals surface area (Å²) >= 11 is 5.83. The minimum atomic E-state index is -3.53. The Labute approximate surface area is 106 Å². The molecule has 0 atom stereocenters. The van der Waals surface area contributed by atoms with E-state index in [0.717, 1.165) is 12.8 Å². The Morgan fingerprint density at radius 2 is 2.18 bits per heavy atom. The highest BCUT2D eigenvalue weighted by Crippen LogP contribution is 2.29. The number of hydrogen-bond acceptors (Lipinski definition) is 3. The van der Waals surface area contributed by atoms with Crippen LogP contribution in [0.4, 0.5) is 0 Å². The van der Waals surface area contributed by atoms with Gasteiger partial charge >= 0.3 is 0 Å². The van der Waals surface area contributed by atoms with Crippen LogP contribution in [-0.4, -0.2) is 21.1 Å². The quantitative estimate of drug-likeness (QED) is 0.896. The van der Waals surface area contributed by atoms with Crippen molar-refractivity contribution in [2.45, 2.75) is 30.7 Å². The fraction of sp³-hybridized carbons (Fsp3) is 0.455. The van der Waals surface area contributed by atoms with Crippen molar-refractivity contribution >= 4 is 21.6 Å². The van der Waals surface area contributed by atoms with Gasteiger partial charge in [0.15, 0.2) is 0 Å². The third kappa shape index (κ3) is 3.12. The standard InChI is InChI=1S/C11H14ClNO3S/c1-2-16-10-6-3-8(12)7-11(10)17(14,15)13-9-4-5-9/h3,6-7,9,13H,2,4-5H2,1H3. The Kier molecular flexibility index (Phi) is 3.61. The zero-order valence-electron chi connectivity index (χ0n) is 9.44. The van der Waals surface area contributed by atoms with Crippen LogP contribution in [-0.2, 0) is 10.0 Å². The second-order valence-electron chi connectivity index (χ2n) is 3.92. The average molecular weight is 276 g/mol. The van der Waals surface area contributed by atoms with E-state index in [1.54, 1.807) is 19.1 Å². The van der Waals surface area contributed by atoms with Crippen molar-refractivity contribution in [3.8, 4) is 5.75 Å². The van der Waals surface area contributed by atoms with Gasteiger partial charge in [0.05, 0.1) is 6.61 Å². The molecule has 0 spiro atoms. The first-order chi connectivity index (χ1) is 8.03. The smallest absolute Gasteiger partial charge is 0.244 e. The molecule has 17 heavy (non-hydrogen) atoms. The normalized spacial score (nSPS) is 15.9. The van der Waals surface area contributed by atoms with Gasteiger partial charge in [0.2, 0.25) is 10.0 Å². The Bertz CT molecular complexity index is 511. The molecule has 0 unspecified atom stereocenters. The summed E-state index contributed by atoms with van der Waals surface area (Å²) < 4.78 is 32.1. The Balaban J connectivity index is 2.36. The first-order valence-electron chi connectivity index (χ1n) is 5.47. The van der Waals surface area contributed by atoms with Crippen LogP contribution >= 0.6 is 11.6 Å². The van der Waals surface area contributed by atoms with E-state index in [0.29, 0.717) is 17.4 Å². The maximum Gasteiger partial charge on any atom is 0.244 e. The third-order valence-electron chi connectivity index (χ3n) is 2.39. The molecule has 0 aliphatic heterocycles. The molecule has 2 rings (SSSR count). The Morgan fingerprint density at radius 1 is 1.47 bits per heavy atom. The summed E-state index contributed by atoms with van der Waals surface area (Å²) in [6, 6.07) is 4.67. The Hall–Kier alpha value is -0.780. The molecule has 1 aromatic carbocycles. The molecule has 0 aromatic heterocycles. The zero-order valence-corrected chi connectivity index (χ0v) is 11.0. The molecule has 1 aliphatic rings. The van der Waals surface area contributed by atoms with E-state index in [4.69, 9.17) is 16.3 Å². The molecular weight excluding hydrogens is 262 g/mol. The van der Waals surface area contributed by atoms with Crippen molar-refractivity contribution in [2.75, 3.05) is 6.61 Å². The number of ether oxygens (including phenoxy) is 1. The zero-order chi connectivity index (χ0) is 12.5. The monoisotopic (exact) mass is 275 g/mol. The second-order valence-corrected chi connectivity index (χ2v) is 6.04. The number of benzene rings is 1. The summed E-state index contributed by atoms with van der Waals surface area (Å²) in [5.41, 5.74) is 0. The van der Waals surface area contributed by atoms with Crippen LogP contribution in [0.2, 0.25) is 5.02 Å². The van der Waals surface area contributed by atoms with E-state index in [-0.39, 0.29) is 10.9 Å². The van der Waals surface area contributed by atoms with E-state index in [2.05, 4.69) is 4.72 Å². The summed E-state index contributed by atoms with van der Waals surface area (Å²) in [5, 5.41) is 0.379. The van der Waals surface area contributed by atoms with Crippen LogP contribution in [0, 0.1) is 0 Å². The number of hydrogen-bond donors (Lipinski definition) is 1. The summed E-state index contributed by atoms with van der Waals surface area (Å²) in [6.07, 6.45) is 1.79. The lowest BCUT2D eigenvalue weighted by molar-refractivity contribution is 0.331. The minimum Gasteiger partial charge on any atom is -0.492 e. The van der Waals surface area contributed by atoms with Crippen molar-refractivity contribution in [3.05, 3.63) is 23.2 Å². The molecule has 1 aliphatic carbocycles. The lowest BCUT2D eigenvalue weighted by atomic mass is 10.3. The molecule has 0 radical (unpaired) electrons. The minimum absolute atomic E-state index is 0.0634. The van der Waals surface area contributed by atoms with Gasteiger partial charge < -0.3 is 4.74 Å². The lowest BCUT2D eigenvalue weighted by Crippen LogP contribution is -2.26. The van der Waals surface area contributed by atoms with Crippen LogP contribution in [0.3, 0.4) is 0 Å². The molecule has 0 heterocycles. The molecule has 94 valence electrons. The number of sulfonamides is 1. The van der Waals surface area contributed by atoms with Crippen molar-refractivity contribution in [1.29, 1.82) is 0 Å². The fourth-order valence-corrected chi connectivity index (χ4v) is 3.16. The van der Waals surface area contributed by atoms with Gasteiger partial charge in [-0.05, 0) is 38.0 Å². The highest BCUT2D eigenvalue weighted by Gasteiger charge is 2.29. The lowest BCUT2D eigenvalue weighted by Gasteiger charge is -2.11. The Morgan fingerprint density at radius 3 is 2.76 bits per heavy atom. The van der Waals surface area contributed by atoms with Gasteiger partial charge in [-0.15, -0.1) is 0 Å². The van der Waals surface area contributed by atoms with Crippen molar-refractivity contribution in [3.63, 3.8) is 0 Å². The van der Waals surface area contributed by atoms with Crippen LogP contribution < -0.4 is 9.46 Å². The predicted molar refractivity (Wildman–Crippen MR) is 66.0 cm³/mol. The summed E-state index contributed by atoms with van der Waals surface area (Å²) in [6.45, 7) is 2.22. The molecule has 4 nitrogen and oxygen atoms in total. The third-order valence-corrected chi connectivity index (χ3v) is 4.17. The van der Waals surface area contributed by atoms with Gasteiger partial charge in [0.25, 0.3) is 0 Å². The number of rotatable bonds is 5. The number of nitrogens with one attached hydrogen (secondary N) is 1. The van der Waals surface area contributed by atoms with Crippen molar-refractivity contribution in [1.82, 2.24) is 4.72 Å². The van der Waals surface area contributed by atoms with Crippen LogP contribution in [0.15, 0.2) is 23.1 Å². The van der Waals surface area contributed by atoms with E-state index in [9.17, 15) is 8.42 Å². The average Bonchev–Trinajstić information content (AvgIpc) is 3.04. The van der Waals surface area contributed by atoms with Crippen LogP contribution in [0.5, 0.6) is 5.75 Å². The summed E-state index contributed by atoms with van der Waals surface area (Å²) in [4.78, 5) is 0.110. The molecule has 1 saturated carbocycles. The molecule has 0 bridgehead atoms. The fourth-order valence-electron chi connectivity index (χ4n) is 1.45. The SMILES string of the molecule is CCOc1ccc(Cl)cc1S(=O)(=O)NC1CC1. The molecular formula is C11H14ClNO3S. The molecule has 1 fully saturated rings. The van der Waals surface area contributed by atoms with E-state index in [1.807, 2.05) is 0 Å². The molecule has 1 aromatic rings. The summed E-state index contributed by atoms with van der Waals surface area (Å²) in [5.74, 6) is 0.338. The van der Waals surface area contributed by atoms with E-state index >= 15 is 0 Å². The maximum absolute atomic E-state index is 12.1. The maximum atomic E-state index is 12.1. The van der Waals surface area contributed by atoms with Gasteiger partial charge in [-0.1, -0.05) is 11.6 Å². The first kappa shape index (κ1) is 12.7. The van der Waals surface area contributed by atoms with Crippen LogP contribution in [0.25, 0.3) is 0 Å². The molecule has 6 heteroatoms. The van der Waals surface area contributed by atoms with Gasteiger partial charge in [0, 0.05) is 11.1 Å². The highest BCUT2D eigenvalue weighted by molar-refractivity contribution is 7.89. The first-order valence-corrected chi connectivity index (χ1v) is 7.33. The molecule has 1 N–H and O–H groups in total. The van der Waals surface area contributed by atoms with Crippen molar-refractivity contribution in [2.24, 2.45) is 0 Å². The van der Waals surface area contributed by atoms with Crippen LogP contribution in [0.1, 0.15) is 19.8 Å². The van der Waals surface area contributed by atoms with Gasteiger partial charge in [-0.3, -0.25) is 0 Å². The van der Waals surface area contributed by atoms with E-state index in [1.165, 1.54) is 6.07 Å². The predicted octanol–water partition coefficient (Wildman–Crippen LogP) is 2.18. The largest absolute Gasteiger partial charge is 0.492 e. The number of halogens is 1. The summed E-state index contributed by atoms with van der Waals surface area (Å²) in [7, 11) is -3.53. The topological polar surface area (TPSA) is 55.4 Å².